The van der Waals surface area contributed by atoms with Crippen LogP contribution in [0.5, 0.6) is 0 Å². The number of hydrogen-bond donors (Lipinski definition) is 2. The average Bonchev–Trinajstić information content (AvgIpc) is 3.20. The summed E-state index contributed by atoms with van der Waals surface area (Å²) in [5, 5.41) is 16.3. The van der Waals surface area contributed by atoms with E-state index in [1.165, 1.54) is 11.3 Å². The number of fused-ring (bicyclic) bond motifs is 2. The Bertz CT molecular complexity index is 858. The molecule has 0 saturated carbocycles. The lowest BCUT2D eigenvalue weighted by atomic mass is 9.85. The number of carboxylic acids is 1. The number of piperidine rings is 1. The Morgan fingerprint density at radius 2 is 2.08 bits per heavy atom. The fourth-order valence-electron chi connectivity index (χ4n) is 3.99. The van der Waals surface area contributed by atoms with Gasteiger partial charge in [-0.15, -0.1) is 11.3 Å². The van der Waals surface area contributed by atoms with Crippen molar-refractivity contribution in [2.75, 3.05) is 19.7 Å². The van der Waals surface area contributed by atoms with Gasteiger partial charge in [0.25, 0.3) is 5.91 Å². The predicted molar refractivity (Wildman–Crippen MR) is 95.8 cm³/mol. The van der Waals surface area contributed by atoms with Crippen molar-refractivity contribution in [3.63, 3.8) is 0 Å². The second-order valence-electron chi connectivity index (χ2n) is 6.96. The maximum Gasteiger partial charge on any atom is 0.345 e. The number of aromatic carboxylic acids is 1. The number of carboxylic acid groups (broad SMARTS) is 1. The standard InChI is InChI=1S/C18H21N3O4S/c1-10-14(11(2)20-19-10)16(22)21-6-4-18(5-7-21)15-12(3-8-25-18)9-13(26-15)17(23)24/h9H,3-8H2,1-2H3,(H,19,20)(H,23,24). The number of likely N-dealkylation sites (tertiary alicyclic amines) is 1. The Morgan fingerprint density at radius 3 is 2.69 bits per heavy atom. The average molecular weight is 375 g/mol. The molecule has 4 heterocycles. The van der Waals surface area contributed by atoms with Gasteiger partial charge < -0.3 is 14.7 Å². The van der Waals surface area contributed by atoms with Crippen LogP contribution >= 0.6 is 11.3 Å². The number of carbonyl (C=O) groups is 2. The van der Waals surface area contributed by atoms with Crippen molar-refractivity contribution in [1.29, 1.82) is 0 Å². The number of nitrogens with one attached hydrogen (secondary N) is 1. The summed E-state index contributed by atoms with van der Waals surface area (Å²) in [6, 6.07) is 1.78. The molecular weight excluding hydrogens is 354 g/mol. The third-order valence-electron chi connectivity index (χ3n) is 5.38. The first-order valence-corrected chi connectivity index (χ1v) is 9.54. The summed E-state index contributed by atoms with van der Waals surface area (Å²) in [6.45, 7) is 5.45. The molecule has 7 nitrogen and oxygen atoms in total. The maximum atomic E-state index is 12.9. The van der Waals surface area contributed by atoms with Gasteiger partial charge in [-0.05, 0) is 44.7 Å². The first-order chi connectivity index (χ1) is 12.4. The van der Waals surface area contributed by atoms with Crippen molar-refractivity contribution in [2.45, 2.75) is 38.7 Å². The van der Waals surface area contributed by atoms with E-state index in [1.807, 2.05) is 18.7 Å². The molecule has 1 fully saturated rings. The Morgan fingerprint density at radius 1 is 1.35 bits per heavy atom. The van der Waals surface area contributed by atoms with Crippen LogP contribution in [-0.4, -0.2) is 51.8 Å². The minimum Gasteiger partial charge on any atom is -0.477 e. The summed E-state index contributed by atoms with van der Waals surface area (Å²) in [6.07, 6.45) is 2.11. The molecule has 1 spiro atoms. The second kappa shape index (κ2) is 6.21. The van der Waals surface area contributed by atoms with E-state index in [2.05, 4.69) is 10.2 Å². The highest BCUT2D eigenvalue weighted by molar-refractivity contribution is 7.14. The van der Waals surface area contributed by atoms with Gasteiger partial charge in [0.1, 0.15) is 10.5 Å². The Kier molecular flexibility index (Phi) is 4.11. The van der Waals surface area contributed by atoms with E-state index in [0.717, 1.165) is 22.6 Å². The summed E-state index contributed by atoms with van der Waals surface area (Å²) < 4.78 is 6.15. The van der Waals surface area contributed by atoms with Gasteiger partial charge in [-0.1, -0.05) is 0 Å². The van der Waals surface area contributed by atoms with Gasteiger partial charge in [-0.25, -0.2) is 4.79 Å². The number of hydrogen-bond acceptors (Lipinski definition) is 5. The van der Waals surface area contributed by atoms with E-state index in [9.17, 15) is 14.7 Å². The van der Waals surface area contributed by atoms with E-state index in [0.29, 0.717) is 48.7 Å². The number of amides is 1. The number of thiophene rings is 1. The number of aromatic nitrogens is 2. The molecule has 8 heteroatoms. The van der Waals surface area contributed by atoms with E-state index in [1.54, 1.807) is 6.07 Å². The number of H-pyrrole nitrogens is 1. The highest BCUT2D eigenvalue weighted by Gasteiger charge is 2.44. The monoisotopic (exact) mass is 375 g/mol. The van der Waals surface area contributed by atoms with Crippen LogP contribution in [0.4, 0.5) is 0 Å². The molecule has 2 aliphatic rings. The molecule has 0 bridgehead atoms. The number of aryl methyl sites for hydroxylation is 2. The minimum atomic E-state index is -0.891. The number of aromatic amines is 1. The van der Waals surface area contributed by atoms with E-state index < -0.39 is 11.6 Å². The van der Waals surface area contributed by atoms with Crippen LogP contribution in [0.25, 0.3) is 0 Å². The van der Waals surface area contributed by atoms with Crippen LogP contribution < -0.4 is 0 Å². The summed E-state index contributed by atoms with van der Waals surface area (Å²) in [5.41, 5.74) is 2.78. The second-order valence-corrected chi connectivity index (χ2v) is 8.02. The molecule has 0 aliphatic carbocycles. The molecule has 0 atom stereocenters. The SMILES string of the molecule is Cc1n[nH]c(C)c1C(=O)N1CCC2(CC1)OCCc1cc(C(=O)O)sc12. The first kappa shape index (κ1) is 17.2. The minimum absolute atomic E-state index is 0.00274. The molecule has 26 heavy (non-hydrogen) atoms. The zero-order valence-electron chi connectivity index (χ0n) is 14.8. The van der Waals surface area contributed by atoms with E-state index in [4.69, 9.17) is 4.74 Å². The van der Waals surface area contributed by atoms with Gasteiger partial charge >= 0.3 is 5.97 Å². The van der Waals surface area contributed by atoms with Crippen LogP contribution in [0.3, 0.4) is 0 Å². The van der Waals surface area contributed by atoms with Gasteiger partial charge in [0.05, 0.1) is 17.9 Å². The van der Waals surface area contributed by atoms with Crippen molar-refractivity contribution >= 4 is 23.2 Å². The molecule has 1 amide bonds. The summed E-state index contributed by atoms with van der Waals surface area (Å²) in [5.74, 6) is -0.893. The summed E-state index contributed by atoms with van der Waals surface area (Å²) in [7, 11) is 0. The molecule has 1 saturated heterocycles. The van der Waals surface area contributed by atoms with Gasteiger partial charge in [-0.2, -0.15) is 5.10 Å². The normalized spacial score (nSPS) is 18.8. The highest BCUT2D eigenvalue weighted by Crippen LogP contribution is 2.45. The summed E-state index contributed by atoms with van der Waals surface area (Å²) in [4.78, 5) is 27.4. The lowest BCUT2D eigenvalue weighted by Crippen LogP contribution is -2.48. The smallest absolute Gasteiger partial charge is 0.345 e. The molecule has 0 unspecified atom stereocenters. The van der Waals surface area contributed by atoms with Gasteiger partial charge in [0, 0.05) is 23.7 Å². The molecule has 2 aromatic heterocycles. The Labute approximate surface area is 155 Å². The predicted octanol–water partition coefficient (Wildman–Crippen LogP) is 2.49. The third-order valence-corrected chi connectivity index (χ3v) is 6.73. The van der Waals surface area contributed by atoms with Gasteiger partial charge in [0.15, 0.2) is 0 Å². The topological polar surface area (TPSA) is 95.5 Å². The number of carbonyl (C=O) groups excluding carboxylic acids is 1. The van der Waals surface area contributed by atoms with Crippen LogP contribution in [-0.2, 0) is 16.8 Å². The molecule has 4 rings (SSSR count). The van der Waals surface area contributed by atoms with Crippen LogP contribution in [0, 0.1) is 13.8 Å². The largest absolute Gasteiger partial charge is 0.477 e. The lowest BCUT2D eigenvalue weighted by Gasteiger charge is -2.43. The van der Waals surface area contributed by atoms with Crippen molar-refractivity contribution in [3.05, 3.63) is 38.3 Å². The zero-order valence-corrected chi connectivity index (χ0v) is 15.6. The Balaban J connectivity index is 1.56. The number of nitrogens with zero attached hydrogens (tertiary/aromatic N) is 2. The molecule has 2 N–H and O–H groups in total. The Hall–Kier alpha value is -2.19. The van der Waals surface area contributed by atoms with Gasteiger partial charge in [-0.3, -0.25) is 9.89 Å². The first-order valence-electron chi connectivity index (χ1n) is 8.72. The maximum absolute atomic E-state index is 12.9. The zero-order chi connectivity index (χ0) is 18.5. The summed E-state index contributed by atoms with van der Waals surface area (Å²) >= 11 is 1.32. The van der Waals surface area contributed by atoms with Crippen LogP contribution in [0.15, 0.2) is 6.07 Å². The van der Waals surface area contributed by atoms with Crippen molar-refractivity contribution in [3.8, 4) is 0 Å². The van der Waals surface area contributed by atoms with Crippen molar-refractivity contribution < 1.29 is 19.4 Å². The van der Waals surface area contributed by atoms with E-state index >= 15 is 0 Å². The lowest BCUT2D eigenvalue weighted by molar-refractivity contribution is -0.0906. The number of rotatable bonds is 2. The molecule has 138 valence electrons. The molecule has 2 aromatic rings. The van der Waals surface area contributed by atoms with Gasteiger partial charge in [0.2, 0.25) is 0 Å². The molecule has 0 radical (unpaired) electrons. The third kappa shape index (κ3) is 2.64. The number of ether oxygens (including phenoxy) is 1. The fraction of sp³-hybridized carbons (Fsp3) is 0.500. The highest BCUT2D eigenvalue weighted by atomic mass is 32.1. The van der Waals surface area contributed by atoms with Crippen molar-refractivity contribution in [1.82, 2.24) is 15.1 Å². The van der Waals surface area contributed by atoms with Crippen molar-refractivity contribution in [2.24, 2.45) is 0 Å². The van der Waals surface area contributed by atoms with Crippen LogP contribution in [0.1, 0.15) is 54.7 Å². The molecular formula is C18H21N3O4S. The quantitative estimate of drug-likeness (QED) is 0.841. The van der Waals surface area contributed by atoms with E-state index in [-0.39, 0.29) is 5.91 Å². The fourth-order valence-corrected chi connectivity index (χ4v) is 5.24. The molecule has 2 aliphatic heterocycles. The van der Waals surface area contributed by atoms with Crippen LogP contribution in [0.2, 0.25) is 0 Å². The molecule has 0 aromatic carbocycles.